The van der Waals surface area contributed by atoms with Crippen molar-refractivity contribution in [3.8, 4) is 5.75 Å². The Morgan fingerprint density at radius 1 is 0.952 bits per heavy atom. The maximum absolute atomic E-state index is 10.0. The van der Waals surface area contributed by atoms with Crippen molar-refractivity contribution in [2.75, 3.05) is 0 Å². The Hall–Kier alpha value is -1.06. The molecule has 1 aromatic rings. The molecule has 0 heterocycles. The van der Waals surface area contributed by atoms with Crippen LogP contribution >= 0.6 is 0 Å². The van der Waals surface area contributed by atoms with Gasteiger partial charge >= 0.3 is 5.97 Å². The van der Waals surface area contributed by atoms with Gasteiger partial charge in [-0.3, -0.25) is 0 Å². The van der Waals surface area contributed by atoms with E-state index in [0.717, 1.165) is 19.3 Å². The van der Waals surface area contributed by atoms with Crippen molar-refractivity contribution in [1.29, 1.82) is 0 Å². The second-order valence-corrected chi connectivity index (χ2v) is 5.88. The predicted octanol–water partition coefficient (Wildman–Crippen LogP) is 4.48. The van der Waals surface area contributed by atoms with E-state index in [0.29, 0.717) is 5.75 Å². The highest BCUT2D eigenvalue weighted by Crippen LogP contribution is 2.25. The number of hydrogen-bond donors (Lipinski definition) is 2. The molecular weight excluding hydrogens is 264 g/mol. The first-order chi connectivity index (χ1) is 10.1. The summed E-state index contributed by atoms with van der Waals surface area (Å²) in [7, 11) is 0. The number of aliphatic hydroxyl groups is 2. The van der Waals surface area contributed by atoms with E-state index in [1.54, 1.807) is 12.1 Å². The Balaban J connectivity index is 2.22. The van der Waals surface area contributed by atoms with E-state index in [9.17, 15) is 10.2 Å². The third-order valence-electron chi connectivity index (χ3n) is 3.89. The molecule has 21 heavy (non-hydrogen) atoms. The van der Waals surface area contributed by atoms with Crippen LogP contribution in [0.4, 0.5) is 0 Å². The van der Waals surface area contributed by atoms with Crippen molar-refractivity contribution >= 4 is 0 Å². The van der Waals surface area contributed by atoms with Gasteiger partial charge < -0.3 is 14.9 Å². The molecule has 0 bridgehead atoms. The van der Waals surface area contributed by atoms with Gasteiger partial charge in [0.05, 0.1) is 5.92 Å². The van der Waals surface area contributed by atoms with Crippen LogP contribution in [-0.2, 0) is 0 Å². The topological polar surface area (TPSA) is 49.7 Å². The van der Waals surface area contributed by atoms with Gasteiger partial charge in [-0.2, -0.15) is 0 Å². The van der Waals surface area contributed by atoms with Gasteiger partial charge in [0.15, 0.2) is 0 Å². The zero-order valence-electron chi connectivity index (χ0n) is 13.4. The maximum Gasteiger partial charge on any atom is 0.324 e. The number of benzene rings is 1. The third-order valence-corrected chi connectivity index (χ3v) is 3.89. The summed E-state index contributed by atoms with van der Waals surface area (Å²) in [5.41, 5.74) is 0. The number of ether oxygens (including phenoxy) is 1. The lowest BCUT2D eigenvalue weighted by molar-refractivity contribution is -0.321. The van der Waals surface area contributed by atoms with Crippen LogP contribution in [-0.4, -0.2) is 16.2 Å². The van der Waals surface area contributed by atoms with Crippen LogP contribution < -0.4 is 4.74 Å². The highest BCUT2D eigenvalue weighted by molar-refractivity contribution is 5.21. The van der Waals surface area contributed by atoms with E-state index in [-0.39, 0.29) is 5.92 Å². The Morgan fingerprint density at radius 2 is 1.52 bits per heavy atom. The molecule has 120 valence electrons. The lowest BCUT2D eigenvalue weighted by atomic mass is 9.99. The van der Waals surface area contributed by atoms with Gasteiger partial charge in [0, 0.05) is 0 Å². The second kappa shape index (κ2) is 9.80. The molecule has 0 saturated carbocycles. The molecule has 1 rings (SSSR count). The van der Waals surface area contributed by atoms with Crippen molar-refractivity contribution in [3.05, 3.63) is 30.3 Å². The number of rotatable bonds is 11. The Bertz CT molecular complexity index is 362. The fraction of sp³-hybridized carbons (Fsp3) is 0.667. The molecule has 1 aromatic carbocycles. The van der Waals surface area contributed by atoms with Crippen LogP contribution in [0.15, 0.2) is 30.3 Å². The normalized spacial score (nSPS) is 13.1. The van der Waals surface area contributed by atoms with Crippen LogP contribution in [0, 0.1) is 5.92 Å². The molecule has 3 nitrogen and oxygen atoms in total. The average molecular weight is 294 g/mol. The SMILES string of the molecule is CCCCCCCCCC(C)C(O)(O)Oc1ccccc1. The van der Waals surface area contributed by atoms with Crippen molar-refractivity contribution in [1.82, 2.24) is 0 Å². The molecule has 0 saturated heterocycles. The number of para-hydroxylation sites is 1. The lowest BCUT2D eigenvalue weighted by Crippen LogP contribution is -2.42. The van der Waals surface area contributed by atoms with Crippen molar-refractivity contribution < 1.29 is 14.9 Å². The molecule has 1 atom stereocenters. The number of hydrogen-bond acceptors (Lipinski definition) is 3. The molecule has 0 radical (unpaired) electrons. The fourth-order valence-electron chi connectivity index (χ4n) is 2.36. The zero-order valence-corrected chi connectivity index (χ0v) is 13.4. The summed E-state index contributed by atoms with van der Waals surface area (Å²) in [5, 5.41) is 20.1. The lowest BCUT2D eigenvalue weighted by Gasteiger charge is -2.28. The minimum atomic E-state index is -2.09. The minimum absolute atomic E-state index is 0.312. The summed E-state index contributed by atoms with van der Waals surface area (Å²) in [6.07, 6.45) is 9.33. The first-order valence-corrected chi connectivity index (χ1v) is 8.25. The van der Waals surface area contributed by atoms with E-state index in [1.165, 1.54) is 32.1 Å². The molecule has 0 fully saturated rings. The molecule has 0 aliphatic heterocycles. The number of unbranched alkanes of at least 4 members (excludes halogenated alkanes) is 6. The molecule has 3 heteroatoms. The van der Waals surface area contributed by atoms with E-state index in [2.05, 4.69) is 6.92 Å². The summed E-state index contributed by atoms with van der Waals surface area (Å²) in [4.78, 5) is 0. The third kappa shape index (κ3) is 7.49. The van der Waals surface area contributed by atoms with Crippen molar-refractivity contribution in [2.24, 2.45) is 5.92 Å². The van der Waals surface area contributed by atoms with Crippen LogP contribution in [0.1, 0.15) is 65.2 Å². The van der Waals surface area contributed by atoms with Gasteiger partial charge in [-0.25, -0.2) is 0 Å². The van der Waals surface area contributed by atoms with Gasteiger partial charge in [-0.1, -0.05) is 77.0 Å². The summed E-state index contributed by atoms with van der Waals surface area (Å²) in [6, 6.07) is 8.94. The summed E-state index contributed by atoms with van der Waals surface area (Å²) >= 11 is 0. The van der Waals surface area contributed by atoms with Crippen LogP contribution in [0.5, 0.6) is 5.75 Å². The Kier molecular flexibility index (Phi) is 8.40. The first-order valence-electron chi connectivity index (χ1n) is 8.25. The van der Waals surface area contributed by atoms with Gasteiger partial charge in [0.1, 0.15) is 5.75 Å². The van der Waals surface area contributed by atoms with Gasteiger partial charge in [0.25, 0.3) is 0 Å². The minimum Gasteiger partial charge on any atom is -0.439 e. The monoisotopic (exact) mass is 294 g/mol. The van der Waals surface area contributed by atoms with Gasteiger partial charge in [-0.05, 0) is 18.6 Å². The molecule has 0 aliphatic carbocycles. The van der Waals surface area contributed by atoms with Crippen LogP contribution in [0.3, 0.4) is 0 Å². The standard InChI is InChI=1S/C18H30O3/c1-3-4-5-6-7-8-10-13-16(2)18(19,20)21-17-14-11-9-12-15-17/h9,11-12,14-16,19-20H,3-8,10,13H2,1-2H3. The molecule has 2 N–H and O–H groups in total. The van der Waals surface area contributed by atoms with Gasteiger partial charge in [0.2, 0.25) is 0 Å². The summed E-state index contributed by atoms with van der Waals surface area (Å²) in [6.45, 7) is 4.04. The first kappa shape index (κ1) is 18.0. The highest BCUT2D eigenvalue weighted by Gasteiger charge is 2.33. The zero-order chi connectivity index (χ0) is 15.6. The van der Waals surface area contributed by atoms with E-state index in [4.69, 9.17) is 4.74 Å². The van der Waals surface area contributed by atoms with Crippen molar-refractivity contribution in [3.63, 3.8) is 0 Å². The summed E-state index contributed by atoms with van der Waals surface area (Å²) < 4.78 is 5.28. The largest absolute Gasteiger partial charge is 0.439 e. The van der Waals surface area contributed by atoms with E-state index in [1.807, 2.05) is 25.1 Å². The quantitative estimate of drug-likeness (QED) is 0.467. The second-order valence-electron chi connectivity index (χ2n) is 5.88. The molecule has 1 unspecified atom stereocenters. The van der Waals surface area contributed by atoms with E-state index >= 15 is 0 Å². The van der Waals surface area contributed by atoms with Crippen LogP contribution in [0.25, 0.3) is 0 Å². The molecular formula is C18H30O3. The Labute approximate surface area is 129 Å². The predicted molar refractivity (Wildman–Crippen MR) is 86.0 cm³/mol. The van der Waals surface area contributed by atoms with Crippen molar-refractivity contribution in [2.45, 2.75) is 71.2 Å². The average Bonchev–Trinajstić information content (AvgIpc) is 2.46. The van der Waals surface area contributed by atoms with E-state index < -0.39 is 5.97 Å². The van der Waals surface area contributed by atoms with Gasteiger partial charge in [-0.15, -0.1) is 0 Å². The highest BCUT2D eigenvalue weighted by atomic mass is 16.8. The molecule has 0 aliphatic rings. The molecule has 0 aromatic heterocycles. The maximum atomic E-state index is 10.0. The fourth-order valence-corrected chi connectivity index (χ4v) is 2.36. The summed E-state index contributed by atoms with van der Waals surface area (Å²) in [5.74, 6) is -1.92. The Morgan fingerprint density at radius 3 is 2.14 bits per heavy atom. The smallest absolute Gasteiger partial charge is 0.324 e. The molecule has 0 spiro atoms. The molecule has 0 amide bonds. The van der Waals surface area contributed by atoms with Crippen LogP contribution in [0.2, 0.25) is 0 Å².